The molecule has 0 unspecified atom stereocenters. The van der Waals surface area contributed by atoms with Gasteiger partial charge in [0.2, 0.25) is 0 Å². The van der Waals surface area contributed by atoms with Gasteiger partial charge in [-0.25, -0.2) is 0 Å². The standard InChI is InChI=1S/C13H20ClNO/c1-3-15(9-10-16-4-2)13-7-5-12(11-14)6-8-13/h5-8H,3-4,9-11H2,1-2H3. The maximum Gasteiger partial charge on any atom is 0.0641 e. The third-order valence-electron chi connectivity index (χ3n) is 2.55. The van der Waals surface area contributed by atoms with Crippen molar-refractivity contribution in [3.8, 4) is 0 Å². The topological polar surface area (TPSA) is 12.5 Å². The molecule has 0 radical (unpaired) electrons. The van der Waals surface area contributed by atoms with Crippen LogP contribution in [0.15, 0.2) is 24.3 Å². The summed E-state index contributed by atoms with van der Waals surface area (Å²) >= 11 is 5.76. The molecule has 16 heavy (non-hydrogen) atoms. The number of hydrogen-bond acceptors (Lipinski definition) is 2. The van der Waals surface area contributed by atoms with Crippen LogP contribution in [0.5, 0.6) is 0 Å². The van der Waals surface area contributed by atoms with E-state index in [-0.39, 0.29) is 0 Å². The second-order valence-corrected chi connectivity index (χ2v) is 3.84. The number of nitrogens with zero attached hydrogens (tertiary/aromatic N) is 1. The van der Waals surface area contributed by atoms with E-state index < -0.39 is 0 Å². The molecule has 0 saturated heterocycles. The van der Waals surface area contributed by atoms with Gasteiger partial charge in [-0.1, -0.05) is 12.1 Å². The molecule has 1 aromatic carbocycles. The van der Waals surface area contributed by atoms with E-state index in [0.29, 0.717) is 5.88 Å². The number of alkyl halides is 1. The lowest BCUT2D eigenvalue weighted by atomic mass is 10.2. The van der Waals surface area contributed by atoms with Crippen molar-refractivity contribution < 1.29 is 4.74 Å². The lowest BCUT2D eigenvalue weighted by molar-refractivity contribution is 0.154. The molecule has 0 aliphatic heterocycles. The monoisotopic (exact) mass is 241 g/mol. The Morgan fingerprint density at radius 2 is 1.88 bits per heavy atom. The first-order valence-corrected chi connectivity index (χ1v) is 6.32. The van der Waals surface area contributed by atoms with Crippen LogP contribution in [0.25, 0.3) is 0 Å². The number of benzene rings is 1. The predicted octanol–water partition coefficient (Wildman–Crippen LogP) is 3.29. The highest BCUT2D eigenvalue weighted by Crippen LogP contribution is 2.15. The predicted molar refractivity (Wildman–Crippen MR) is 70.4 cm³/mol. The van der Waals surface area contributed by atoms with E-state index in [1.54, 1.807) is 0 Å². The van der Waals surface area contributed by atoms with Crippen molar-refractivity contribution in [2.24, 2.45) is 0 Å². The van der Waals surface area contributed by atoms with Crippen LogP contribution in [0.1, 0.15) is 19.4 Å². The number of likely N-dealkylation sites (N-methyl/N-ethyl adjacent to an activating group) is 1. The number of hydrogen-bond donors (Lipinski definition) is 0. The van der Waals surface area contributed by atoms with Crippen LogP contribution in [-0.2, 0) is 10.6 Å². The van der Waals surface area contributed by atoms with Crippen LogP contribution < -0.4 is 4.90 Å². The third-order valence-corrected chi connectivity index (χ3v) is 2.86. The highest BCUT2D eigenvalue weighted by atomic mass is 35.5. The molecule has 0 N–H and O–H groups in total. The van der Waals surface area contributed by atoms with Crippen LogP contribution in [0, 0.1) is 0 Å². The van der Waals surface area contributed by atoms with Gasteiger partial charge < -0.3 is 9.64 Å². The molecule has 0 fully saturated rings. The highest BCUT2D eigenvalue weighted by Gasteiger charge is 2.03. The summed E-state index contributed by atoms with van der Waals surface area (Å²) < 4.78 is 5.37. The highest BCUT2D eigenvalue weighted by molar-refractivity contribution is 6.17. The molecule has 0 aliphatic rings. The van der Waals surface area contributed by atoms with Gasteiger partial charge in [0, 0.05) is 31.3 Å². The quantitative estimate of drug-likeness (QED) is 0.537. The van der Waals surface area contributed by atoms with Crippen molar-refractivity contribution in [2.75, 3.05) is 31.2 Å². The summed E-state index contributed by atoms with van der Waals surface area (Å²) in [5, 5.41) is 0. The van der Waals surface area contributed by atoms with E-state index in [0.717, 1.165) is 31.9 Å². The molecule has 0 aromatic heterocycles. The summed E-state index contributed by atoms with van der Waals surface area (Å²) in [6.07, 6.45) is 0. The molecular weight excluding hydrogens is 222 g/mol. The number of ether oxygens (including phenoxy) is 1. The molecule has 0 saturated carbocycles. The minimum atomic E-state index is 0.575. The summed E-state index contributed by atoms with van der Waals surface area (Å²) in [7, 11) is 0. The second-order valence-electron chi connectivity index (χ2n) is 3.58. The fraction of sp³-hybridized carbons (Fsp3) is 0.538. The summed E-state index contributed by atoms with van der Waals surface area (Å²) in [6, 6.07) is 8.39. The molecule has 2 nitrogen and oxygen atoms in total. The Hall–Kier alpha value is -0.730. The zero-order valence-corrected chi connectivity index (χ0v) is 10.8. The van der Waals surface area contributed by atoms with Crippen LogP contribution in [0.2, 0.25) is 0 Å². The van der Waals surface area contributed by atoms with Gasteiger partial charge in [0.1, 0.15) is 0 Å². The Bertz CT molecular complexity index is 286. The Kier molecular flexibility index (Phi) is 6.27. The lowest BCUT2D eigenvalue weighted by Crippen LogP contribution is -2.27. The van der Waals surface area contributed by atoms with Gasteiger partial charge in [-0.15, -0.1) is 11.6 Å². The molecule has 0 aliphatic carbocycles. The summed E-state index contributed by atoms with van der Waals surface area (Å²) in [6.45, 7) is 7.66. The average molecular weight is 242 g/mol. The molecule has 0 spiro atoms. The third kappa shape index (κ3) is 4.03. The molecule has 1 aromatic rings. The van der Waals surface area contributed by atoms with E-state index in [2.05, 4.69) is 36.1 Å². The Morgan fingerprint density at radius 1 is 1.19 bits per heavy atom. The molecule has 0 bridgehead atoms. The minimum Gasteiger partial charge on any atom is -0.380 e. The van der Waals surface area contributed by atoms with Crippen molar-refractivity contribution in [2.45, 2.75) is 19.7 Å². The normalized spacial score (nSPS) is 10.4. The van der Waals surface area contributed by atoms with Crippen LogP contribution >= 0.6 is 11.6 Å². The molecule has 90 valence electrons. The van der Waals surface area contributed by atoms with Crippen molar-refractivity contribution >= 4 is 17.3 Å². The number of anilines is 1. The summed E-state index contributed by atoms with van der Waals surface area (Å²) in [5.41, 5.74) is 2.39. The smallest absolute Gasteiger partial charge is 0.0641 e. The Labute approximate surface area is 103 Å². The molecule has 1 rings (SSSR count). The second kappa shape index (κ2) is 7.53. The minimum absolute atomic E-state index is 0.575. The van der Waals surface area contributed by atoms with Gasteiger partial charge in [0.15, 0.2) is 0 Å². The van der Waals surface area contributed by atoms with Gasteiger partial charge in [0.25, 0.3) is 0 Å². The number of rotatable bonds is 7. The fourth-order valence-corrected chi connectivity index (χ4v) is 1.76. The SMILES string of the molecule is CCOCCN(CC)c1ccc(CCl)cc1. The van der Waals surface area contributed by atoms with E-state index in [1.807, 2.05) is 6.92 Å². The molecule has 3 heteroatoms. The van der Waals surface area contributed by atoms with Crippen molar-refractivity contribution in [3.05, 3.63) is 29.8 Å². The zero-order valence-electron chi connectivity index (χ0n) is 10.1. The van der Waals surface area contributed by atoms with Crippen molar-refractivity contribution in [1.82, 2.24) is 0 Å². The summed E-state index contributed by atoms with van der Waals surface area (Å²) in [4.78, 5) is 2.30. The Balaban J connectivity index is 2.56. The Morgan fingerprint density at radius 3 is 2.38 bits per heavy atom. The zero-order chi connectivity index (χ0) is 11.8. The first kappa shape index (κ1) is 13.3. The van der Waals surface area contributed by atoms with Crippen molar-refractivity contribution in [3.63, 3.8) is 0 Å². The maximum atomic E-state index is 5.76. The van der Waals surface area contributed by atoms with E-state index >= 15 is 0 Å². The maximum absolute atomic E-state index is 5.76. The number of halogens is 1. The van der Waals surface area contributed by atoms with Gasteiger partial charge in [-0.3, -0.25) is 0 Å². The van der Waals surface area contributed by atoms with Crippen LogP contribution in [-0.4, -0.2) is 26.3 Å². The molecule has 0 atom stereocenters. The lowest BCUT2D eigenvalue weighted by Gasteiger charge is -2.23. The van der Waals surface area contributed by atoms with Gasteiger partial charge in [0.05, 0.1) is 6.61 Å². The molecular formula is C13H20ClNO. The fourth-order valence-electron chi connectivity index (χ4n) is 1.58. The first-order chi connectivity index (χ1) is 7.81. The molecule has 0 heterocycles. The molecule has 0 amide bonds. The van der Waals surface area contributed by atoms with E-state index in [9.17, 15) is 0 Å². The van der Waals surface area contributed by atoms with Gasteiger partial charge >= 0.3 is 0 Å². The van der Waals surface area contributed by atoms with Gasteiger partial charge in [-0.05, 0) is 31.5 Å². The van der Waals surface area contributed by atoms with Gasteiger partial charge in [-0.2, -0.15) is 0 Å². The average Bonchev–Trinajstić information content (AvgIpc) is 2.35. The van der Waals surface area contributed by atoms with E-state index in [4.69, 9.17) is 16.3 Å². The van der Waals surface area contributed by atoms with E-state index in [1.165, 1.54) is 5.69 Å². The largest absolute Gasteiger partial charge is 0.380 e. The van der Waals surface area contributed by atoms with Crippen LogP contribution in [0.4, 0.5) is 5.69 Å². The first-order valence-electron chi connectivity index (χ1n) is 5.79. The summed E-state index contributed by atoms with van der Waals surface area (Å²) in [5.74, 6) is 0.575. The van der Waals surface area contributed by atoms with Crippen molar-refractivity contribution in [1.29, 1.82) is 0 Å². The van der Waals surface area contributed by atoms with Crippen LogP contribution in [0.3, 0.4) is 0 Å².